The summed E-state index contributed by atoms with van der Waals surface area (Å²) in [6.07, 6.45) is 26.5. The van der Waals surface area contributed by atoms with E-state index in [2.05, 4.69) is 25.7 Å². The number of ketones is 1. The van der Waals surface area contributed by atoms with Crippen LogP contribution in [0.25, 0.3) is 0 Å². The Hall–Kier alpha value is -1.11. The SMILES string of the molecule is C=CC=CC=CCCCCCC(=O)CCCCCCCCCC. The topological polar surface area (TPSA) is 17.1 Å². The van der Waals surface area contributed by atoms with Gasteiger partial charge in [0, 0.05) is 12.8 Å². The first-order valence-corrected chi connectivity index (χ1v) is 9.77. The van der Waals surface area contributed by atoms with Crippen molar-refractivity contribution >= 4 is 5.78 Å². The Morgan fingerprint density at radius 2 is 1.30 bits per heavy atom. The molecular formula is C22H38O. The summed E-state index contributed by atoms with van der Waals surface area (Å²) < 4.78 is 0. The Bertz CT molecular complexity index is 325. The summed E-state index contributed by atoms with van der Waals surface area (Å²) in [7, 11) is 0. The number of carbonyl (C=O) groups is 1. The van der Waals surface area contributed by atoms with Gasteiger partial charge in [0.25, 0.3) is 0 Å². The van der Waals surface area contributed by atoms with Crippen molar-refractivity contribution in [1.29, 1.82) is 0 Å². The number of hydrogen-bond acceptors (Lipinski definition) is 1. The van der Waals surface area contributed by atoms with E-state index in [1.807, 2.05) is 12.2 Å². The van der Waals surface area contributed by atoms with Gasteiger partial charge in [-0.25, -0.2) is 0 Å². The molecule has 0 atom stereocenters. The van der Waals surface area contributed by atoms with Crippen LogP contribution in [-0.2, 0) is 4.79 Å². The molecule has 0 spiro atoms. The molecule has 0 aromatic rings. The first kappa shape index (κ1) is 21.9. The van der Waals surface area contributed by atoms with E-state index in [-0.39, 0.29) is 0 Å². The summed E-state index contributed by atoms with van der Waals surface area (Å²) >= 11 is 0. The molecule has 0 radical (unpaired) electrons. The Morgan fingerprint density at radius 1 is 0.739 bits per heavy atom. The van der Waals surface area contributed by atoms with Gasteiger partial charge in [-0.05, 0) is 25.7 Å². The molecular weight excluding hydrogens is 280 g/mol. The molecule has 23 heavy (non-hydrogen) atoms. The second-order valence-electron chi connectivity index (χ2n) is 6.41. The molecule has 0 aliphatic heterocycles. The maximum atomic E-state index is 11.8. The molecule has 0 fully saturated rings. The van der Waals surface area contributed by atoms with Crippen LogP contribution in [0, 0.1) is 0 Å². The van der Waals surface area contributed by atoms with E-state index in [0.29, 0.717) is 5.78 Å². The minimum absolute atomic E-state index is 0.473. The molecule has 132 valence electrons. The molecule has 0 N–H and O–H groups in total. The quantitative estimate of drug-likeness (QED) is 0.202. The number of hydrogen-bond donors (Lipinski definition) is 0. The summed E-state index contributed by atoms with van der Waals surface area (Å²) in [5.41, 5.74) is 0. The standard InChI is InChI=1S/C22H38O/c1-3-5-7-9-11-13-15-17-19-21-22(23)20-18-16-14-12-10-8-6-4-2/h3,5,7,9,11H,1,4,6,8,10,12-21H2,2H3. The van der Waals surface area contributed by atoms with Gasteiger partial charge < -0.3 is 0 Å². The average molecular weight is 319 g/mol. The predicted molar refractivity (Wildman–Crippen MR) is 104 cm³/mol. The highest BCUT2D eigenvalue weighted by atomic mass is 16.1. The lowest BCUT2D eigenvalue weighted by Gasteiger charge is -2.02. The third-order valence-electron chi connectivity index (χ3n) is 4.13. The van der Waals surface area contributed by atoms with Gasteiger partial charge >= 0.3 is 0 Å². The van der Waals surface area contributed by atoms with Crippen LogP contribution in [0.5, 0.6) is 0 Å². The zero-order chi connectivity index (χ0) is 17.0. The highest BCUT2D eigenvalue weighted by Gasteiger charge is 2.01. The van der Waals surface area contributed by atoms with E-state index in [1.54, 1.807) is 6.08 Å². The molecule has 0 aromatic carbocycles. The monoisotopic (exact) mass is 318 g/mol. The van der Waals surface area contributed by atoms with Crippen LogP contribution in [0.4, 0.5) is 0 Å². The Morgan fingerprint density at radius 3 is 1.91 bits per heavy atom. The van der Waals surface area contributed by atoms with Gasteiger partial charge in [0.1, 0.15) is 5.78 Å². The molecule has 0 saturated carbocycles. The lowest BCUT2D eigenvalue weighted by molar-refractivity contribution is -0.119. The summed E-state index contributed by atoms with van der Waals surface area (Å²) in [5, 5.41) is 0. The number of allylic oxidation sites excluding steroid dienone is 5. The Labute approximate surface area is 144 Å². The van der Waals surface area contributed by atoms with Crippen molar-refractivity contribution < 1.29 is 4.79 Å². The van der Waals surface area contributed by atoms with Crippen LogP contribution in [0.1, 0.15) is 96.8 Å². The van der Waals surface area contributed by atoms with Gasteiger partial charge in [-0.2, -0.15) is 0 Å². The van der Waals surface area contributed by atoms with Gasteiger partial charge in [0.15, 0.2) is 0 Å². The first-order chi connectivity index (χ1) is 11.3. The molecule has 0 bridgehead atoms. The zero-order valence-electron chi connectivity index (χ0n) is 15.4. The second-order valence-corrected chi connectivity index (χ2v) is 6.41. The number of Topliss-reactive ketones (excluding diaryl/α,β-unsaturated/α-hetero) is 1. The minimum atomic E-state index is 0.473. The predicted octanol–water partition coefficient (Wildman–Crippen LogP) is 7.34. The van der Waals surface area contributed by atoms with E-state index < -0.39 is 0 Å². The molecule has 0 unspecified atom stereocenters. The van der Waals surface area contributed by atoms with Crippen LogP contribution < -0.4 is 0 Å². The molecule has 0 aliphatic carbocycles. The van der Waals surface area contributed by atoms with Crippen LogP contribution in [0.3, 0.4) is 0 Å². The Balaban J connectivity index is 3.26. The van der Waals surface area contributed by atoms with Crippen molar-refractivity contribution in [3.8, 4) is 0 Å². The fraction of sp³-hybridized carbons (Fsp3) is 0.682. The number of rotatable bonds is 17. The van der Waals surface area contributed by atoms with Crippen LogP contribution in [-0.4, -0.2) is 5.78 Å². The molecule has 0 saturated heterocycles. The van der Waals surface area contributed by atoms with Gasteiger partial charge in [-0.15, -0.1) is 0 Å². The molecule has 0 rings (SSSR count). The van der Waals surface area contributed by atoms with Crippen molar-refractivity contribution in [2.45, 2.75) is 96.8 Å². The van der Waals surface area contributed by atoms with E-state index in [0.717, 1.165) is 32.1 Å². The van der Waals surface area contributed by atoms with Gasteiger partial charge in [0.05, 0.1) is 0 Å². The molecule has 0 amide bonds. The number of unbranched alkanes of at least 4 members (excludes halogenated alkanes) is 10. The maximum Gasteiger partial charge on any atom is 0.132 e. The van der Waals surface area contributed by atoms with E-state index in [4.69, 9.17) is 0 Å². The summed E-state index contributed by atoms with van der Waals surface area (Å²) in [6, 6.07) is 0. The Kier molecular flexibility index (Phi) is 18.0. The van der Waals surface area contributed by atoms with E-state index >= 15 is 0 Å². The van der Waals surface area contributed by atoms with E-state index in [1.165, 1.54) is 57.8 Å². The molecule has 1 nitrogen and oxygen atoms in total. The summed E-state index contributed by atoms with van der Waals surface area (Å²) in [4.78, 5) is 11.8. The normalized spacial score (nSPS) is 11.5. The van der Waals surface area contributed by atoms with E-state index in [9.17, 15) is 4.79 Å². The highest BCUT2D eigenvalue weighted by molar-refractivity contribution is 5.78. The van der Waals surface area contributed by atoms with Crippen LogP contribution >= 0.6 is 0 Å². The van der Waals surface area contributed by atoms with Crippen molar-refractivity contribution in [2.24, 2.45) is 0 Å². The van der Waals surface area contributed by atoms with Crippen LogP contribution in [0.2, 0.25) is 0 Å². The van der Waals surface area contributed by atoms with Gasteiger partial charge in [-0.3, -0.25) is 4.79 Å². The van der Waals surface area contributed by atoms with Gasteiger partial charge in [-0.1, -0.05) is 95.2 Å². The fourth-order valence-corrected chi connectivity index (χ4v) is 2.66. The smallest absolute Gasteiger partial charge is 0.132 e. The summed E-state index contributed by atoms with van der Waals surface area (Å²) in [6.45, 7) is 5.88. The molecule has 1 heteroatoms. The summed E-state index contributed by atoms with van der Waals surface area (Å²) in [5.74, 6) is 0.473. The largest absolute Gasteiger partial charge is 0.300 e. The molecule has 0 aliphatic rings. The lowest BCUT2D eigenvalue weighted by atomic mass is 10.0. The second kappa shape index (κ2) is 18.9. The molecule has 0 heterocycles. The molecule has 0 aromatic heterocycles. The van der Waals surface area contributed by atoms with Gasteiger partial charge in [0.2, 0.25) is 0 Å². The fourth-order valence-electron chi connectivity index (χ4n) is 2.66. The zero-order valence-corrected chi connectivity index (χ0v) is 15.4. The maximum absolute atomic E-state index is 11.8. The minimum Gasteiger partial charge on any atom is -0.300 e. The van der Waals surface area contributed by atoms with Crippen molar-refractivity contribution in [2.75, 3.05) is 0 Å². The first-order valence-electron chi connectivity index (χ1n) is 9.77. The van der Waals surface area contributed by atoms with Crippen molar-refractivity contribution in [3.63, 3.8) is 0 Å². The van der Waals surface area contributed by atoms with Crippen LogP contribution in [0.15, 0.2) is 37.0 Å². The third kappa shape index (κ3) is 18.8. The van der Waals surface area contributed by atoms with Crippen molar-refractivity contribution in [3.05, 3.63) is 37.0 Å². The average Bonchev–Trinajstić information content (AvgIpc) is 2.56. The lowest BCUT2D eigenvalue weighted by Crippen LogP contribution is -1.97. The third-order valence-corrected chi connectivity index (χ3v) is 4.13. The van der Waals surface area contributed by atoms with Crippen molar-refractivity contribution in [1.82, 2.24) is 0 Å². The highest BCUT2D eigenvalue weighted by Crippen LogP contribution is 2.11. The number of carbonyl (C=O) groups excluding carboxylic acids is 1.